The first-order valence-corrected chi connectivity index (χ1v) is 8.96. The van der Waals surface area contributed by atoms with Crippen LogP contribution < -0.4 is 10.2 Å². The molecule has 136 valence electrons. The second-order valence-electron chi connectivity index (χ2n) is 5.25. The molecule has 1 amide bonds. The molecule has 0 spiro atoms. The van der Waals surface area contributed by atoms with E-state index >= 15 is 0 Å². The highest BCUT2D eigenvalue weighted by Gasteiger charge is 2.18. The molecule has 0 saturated heterocycles. The van der Waals surface area contributed by atoms with Crippen LogP contribution in [0, 0.1) is 11.6 Å². The van der Waals surface area contributed by atoms with Crippen LogP contribution in [-0.2, 0) is 0 Å². The van der Waals surface area contributed by atoms with Gasteiger partial charge in [0.1, 0.15) is 0 Å². The minimum absolute atomic E-state index is 0.000170. The fourth-order valence-electron chi connectivity index (χ4n) is 2.31. The van der Waals surface area contributed by atoms with E-state index in [-0.39, 0.29) is 21.4 Å². The minimum atomic E-state index is -0.997. The number of carbonyl (C=O) groups excluding carboxylic acids is 1. The summed E-state index contributed by atoms with van der Waals surface area (Å²) >= 11 is 7.07. The Morgan fingerprint density at radius 2 is 1.92 bits per heavy atom. The number of aromatic nitrogens is 3. The van der Waals surface area contributed by atoms with E-state index < -0.39 is 17.5 Å². The Morgan fingerprint density at radius 1 is 1.23 bits per heavy atom. The van der Waals surface area contributed by atoms with Gasteiger partial charge < -0.3 is 4.90 Å². The molecule has 0 saturated carbocycles. The topological polar surface area (TPSA) is 71.0 Å². The third-order valence-corrected chi connectivity index (χ3v) is 4.85. The first-order chi connectivity index (χ1) is 12.4. The van der Waals surface area contributed by atoms with E-state index in [0.717, 1.165) is 23.5 Å². The molecule has 0 bridgehead atoms. The first kappa shape index (κ1) is 18.4. The molecule has 0 aliphatic rings. The monoisotopic (exact) mass is 397 g/mol. The van der Waals surface area contributed by atoms with Crippen molar-refractivity contribution < 1.29 is 13.6 Å². The highest BCUT2D eigenvalue weighted by Crippen LogP contribution is 2.28. The molecule has 1 aromatic carbocycles. The number of benzene rings is 1. The molecule has 0 aliphatic heterocycles. The Labute approximate surface area is 156 Å². The molecule has 0 atom stereocenters. The lowest BCUT2D eigenvalue weighted by Gasteiger charge is -2.18. The SMILES string of the molecule is CCN(CC)c1ncc(Cl)c(C(=O)Nc2nc3cc(F)c(F)cc3s2)n1. The molecule has 3 aromatic rings. The summed E-state index contributed by atoms with van der Waals surface area (Å²) in [7, 11) is 0. The number of carbonyl (C=O) groups is 1. The third-order valence-electron chi connectivity index (χ3n) is 3.64. The van der Waals surface area contributed by atoms with Gasteiger partial charge in [0.25, 0.3) is 5.91 Å². The third kappa shape index (κ3) is 3.58. The van der Waals surface area contributed by atoms with E-state index in [0.29, 0.717) is 23.7 Å². The summed E-state index contributed by atoms with van der Waals surface area (Å²) in [5.41, 5.74) is 0.252. The summed E-state index contributed by atoms with van der Waals surface area (Å²) in [5.74, 6) is -2.16. The molecule has 2 aromatic heterocycles. The van der Waals surface area contributed by atoms with Crippen LogP contribution in [0.5, 0.6) is 0 Å². The van der Waals surface area contributed by atoms with Gasteiger partial charge in [0, 0.05) is 19.2 Å². The predicted octanol–water partition coefficient (Wildman–Crippen LogP) is 4.12. The Morgan fingerprint density at radius 3 is 2.62 bits per heavy atom. The fourth-order valence-corrected chi connectivity index (χ4v) is 3.35. The number of nitrogens with zero attached hydrogens (tertiary/aromatic N) is 4. The van der Waals surface area contributed by atoms with Crippen molar-refractivity contribution in [1.29, 1.82) is 0 Å². The van der Waals surface area contributed by atoms with Crippen molar-refractivity contribution in [3.63, 3.8) is 0 Å². The average Bonchev–Trinajstić information content (AvgIpc) is 2.98. The number of hydrogen-bond donors (Lipinski definition) is 1. The molecule has 0 fully saturated rings. The van der Waals surface area contributed by atoms with E-state index in [1.807, 2.05) is 18.7 Å². The van der Waals surface area contributed by atoms with Gasteiger partial charge in [0.2, 0.25) is 5.95 Å². The number of hydrogen-bond acceptors (Lipinski definition) is 6. The lowest BCUT2D eigenvalue weighted by Crippen LogP contribution is -2.25. The van der Waals surface area contributed by atoms with Crippen LogP contribution in [0.4, 0.5) is 19.9 Å². The van der Waals surface area contributed by atoms with Gasteiger partial charge in [-0.25, -0.2) is 23.7 Å². The normalized spacial score (nSPS) is 11.0. The number of amides is 1. The van der Waals surface area contributed by atoms with Crippen LogP contribution in [0.3, 0.4) is 0 Å². The fraction of sp³-hybridized carbons (Fsp3) is 0.250. The van der Waals surface area contributed by atoms with Crippen molar-refractivity contribution in [2.45, 2.75) is 13.8 Å². The highest BCUT2D eigenvalue weighted by atomic mass is 35.5. The predicted molar refractivity (Wildman–Crippen MR) is 98.1 cm³/mol. The molecule has 0 radical (unpaired) electrons. The zero-order valence-electron chi connectivity index (χ0n) is 13.9. The molecule has 6 nitrogen and oxygen atoms in total. The van der Waals surface area contributed by atoms with E-state index in [9.17, 15) is 13.6 Å². The van der Waals surface area contributed by atoms with E-state index in [4.69, 9.17) is 11.6 Å². The van der Waals surface area contributed by atoms with Gasteiger partial charge in [-0.15, -0.1) is 0 Å². The van der Waals surface area contributed by atoms with Crippen LogP contribution in [0.2, 0.25) is 5.02 Å². The van der Waals surface area contributed by atoms with Crippen LogP contribution in [0.1, 0.15) is 24.3 Å². The molecule has 0 unspecified atom stereocenters. The van der Waals surface area contributed by atoms with E-state index in [1.54, 1.807) is 0 Å². The summed E-state index contributed by atoms with van der Waals surface area (Å²) in [6.45, 7) is 5.24. The number of halogens is 3. The Bertz CT molecular complexity index is 938. The molecule has 26 heavy (non-hydrogen) atoms. The van der Waals surface area contributed by atoms with Gasteiger partial charge in [0.05, 0.1) is 21.4 Å². The van der Waals surface area contributed by atoms with Crippen molar-refractivity contribution in [3.8, 4) is 0 Å². The van der Waals surface area contributed by atoms with Crippen molar-refractivity contribution in [1.82, 2.24) is 15.0 Å². The van der Waals surface area contributed by atoms with Gasteiger partial charge in [-0.2, -0.15) is 0 Å². The summed E-state index contributed by atoms with van der Waals surface area (Å²) in [6, 6.07) is 2.01. The maximum atomic E-state index is 13.3. The maximum Gasteiger partial charge on any atom is 0.277 e. The molecule has 1 N–H and O–H groups in total. The summed E-state index contributed by atoms with van der Waals surface area (Å²) in [4.78, 5) is 26.8. The zero-order chi connectivity index (χ0) is 18.8. The number of anilines is 2. The zero-order valence-corrected chi connectivity index (χ0v) is 15.5. The maximum absolute atomic E-state index is 13.3. The molecular weight excluding hydrogens is 384 g/mol. The summed E-state index contributed by atoms with van der Waals surface area (Å²) in [5, 5.41) is 2.84. The summed E-state index contributed by atoms with van der Waals surface area (Å²) < 4.78 is 27.0. The first-order valence-electron chi connectivity index (χ1n) is 7.77. The van der Waals surface area contributed by atoms with Gasteiger partial charge in [-0.3, -0.25) is 10.1 Å². The Kier molecular flexibility index (Phi) is 5.28. The standard InChI is InChI=1S/C16H14ClF2N5OS/c1-3-24(4-2)15-20-7-8(17)13(22-15)14(25)23-16-21-11-5-9(18)10(19)6-12(11)26-16/h5-7H,3-4H2,1-2H3,(H,21,23,25). The molecule has 2 heterocycles. The minimum Gasteiger partial charge on any atom is -0.341 e. The van der Waals surface area contributed by atoms with Gasteiger partial charge in [-0.1, -0.05) is 22.9 Å². The van der Waals surface area contributed by atoms with E-state index in [1.165, 1.54) is 6.20 Å². The number of rotatable bonds is 5. The molecule has 0 aliphatic carbocycles. The number of nitrogens with one attached hydrogen (secondary N) is 1. The Hall–Kier alpha value is -2.39. The quantitative estimate of drug-likeness (QED) is 0.701. The lowest BCUT2D eigenvalue weighted by molar-refractivity contribution is 0.102. The van der Waals surface area contributed by atoms with Crippen molar-refractivity contribution in [2.24, 2.45) is 0 Å². The van der Waals surface area contributed by atoms with Crippen molar-refractivity contribution in [3.05, 3.63) is 40.7 Å². The smallest absolute Gasteiger partial charge is 0.277 e. The van der Waals surface area contributed by atoms with Crippen LogP contribution in [0.15, 0.2) is 18.3 Å². The van der Waals surface area contributed by atoms with E-state index in [2.05, 4.69) is 20.3 Å². The largest absolute Gasteiger partial charge is 0.341 e. The van der Waals surface area contributed by atoms with Gasteiger partial charge in [-0.05, 0) is 19.9 Å². The summed E-state index contributed by atoms with van der Waals surface area (Å²) in [6.07, 6.45) is 1.36. The van der Waals surface area contributed by atoms with Gasteiger partial charge >= 0.3 is 0 Å². The Balaban J connectivity index is 1.89. The number of thiazole rings is 1. The van der Waals surface area contributed by atoms with Crippen LogP contribution in [-0.4, -0.2) is 33.9 Å². The van der Waals surface area contributed by atoms with Crippen molar-refractivity contribution in [2.75, 3.05) is 23.3 Å². The van der Waals surface area contributed by atoms with Gasteiger partial charge in [0.15, 0.2) is 22.5 Å². The highest BCUT2D eigenvalue weighted by molar-refractivity contribution is 7.22. The van der Waals surface area contributed by atoms with Crippen LogP contribution in [0.25, 0.3) is 10.2 Å². The second kappa shape index (κ2) is 7.46. The molecular formula is C16H14ClF2N5OS. The average molecular weight is 398 g/mol. The molecule has 10 heteroatoms. The second-order valence-corrected chi connectivity index (χ2v) is 6.68. The van der Waals surface area contributed by atoms with Crippen LogP contribution >= 0.6 is 22.9 Å². The molecule has 3 rings (SSSR count). The number of fused-ring (bicyclic) bond motifs is 1. The van der Waals surface area contributed by atoms with Crippen molar-refractivity contribution >= 4 is 50.1 Å². The lowest BCUT2D eigenvalue weighted by atomic mass is 10.3.